The molecule has 0 N–H and O–H groups in total. The number of hydrogen-bond acceptors (Lipinski definition) is 9. The molecule has 0 spiro atoms. The van der Waals surface area contributed by atoms with Crippen LogP contribution in [0.25, 0.3) is 0 Å². The molecular weight excluding hydrogens is 464 g/mol. The summed E-state index contributed by atoms with van der Waals surface area (Å²) in [5, 5.41) is 0. The Balaban J connectivity index is 1.51. The average molecular weight is 497 g/mol. The van der Waals surface area contributed by atoms with Gasteiger partial charge in [0.15, 0.2) is 23.0 Å². The van der Waals surface area contributed by atoms with Gasteiger partial charge in [0, 0.05) is 36.3 Å². The second kappa shape index (κ2) is 8.74. The molecule has 0 aliphatic carbocycles. The van der Waals surface area contributed by atoms with Crippen molar-refractivity contribution < 1.29 is 33.2 Å². The molecule has 4 aliphatic heterocycles. The predicted octanol–water partition coefficient (Wildman–Crippen LogP) is 2.99. The SMILES string of the molecule is COc1ccc2c(c1OC)C(=O)O[C@@H]2[C@H]1c2c(c(CC3CN(C)C3)c3c(c2OC)OCO3)CCN1C. The molecule has 36 heavy (non-hydrogen) atoms. The highest BCUT2D eigenvalue weighted by Crippen LogP contribution is 2.57. The molecule has 1 fully saturated rings. The standard InChI is InChI=1S/C27H32N2O7/c1-28-11-14(12-28)10-17-15-8-9-29(2)21(19(15)25(33-5)26-23(17)34-13-35-26)22-16-6-7-18(31-3)24(32-4)20(16)27(30)36-22/h6-7,14,21-22H,8-13H2,1-5H3/t21-,22+/m1/s1. The van der Waals surface area contributed by atoms with Crippen LogP contribution >= 0.6 is 0 Å². The maximum atomic E-state index is 13.2. The van der Waals surface area contributed by atoms with Crippen molar-refractivity contribution in [1.29, 1.82) is 0 Å². The number of rotatable bonds is 6. The third-order valence-electron chi connectivity index (χ3n) is 7.96. The lowest BCUT2D eigenvalue weighted by Gasteiger charge is -2.41. The molecule has 2 aromatic carbocycles. The zero-order chi connectivity index (χ0) is 25.1. The predicted molar refractivity (Wildman–Crippen MR) is 131 cm³/mol. The van der Waals surface area contributed by atoms with Crippen LogP contribution in [0.3, 0.4) is 0 Å². The van der Waals surface area contributed by atoms with Crippen molar-refractivity contribution in [3.8, 4) is 28.7 Å². The van der Waals surface area contributed by atoms with E-state index < -0.39 is 12.1 Å². The summed E-state index contributed by atoms with van der Waals surface area (Å²) < 4.78 is 35.0. The number of methoxy groups -OCH3 is 3. The molecule has 4 aliphatic rings. The lowest BCUT2D eigenvalue weighted by molar-refractivity contribution is 0.00866. The van der Waals surface area contributed by atoms with Crippen LogP contribution in [0, 0.1) is 5.92 Å². The fourth-order valence-corrected chi connectivity index (χ4v) is 6.39. The van der Waals surface area contributed by atoms with Crippen molar-refractivity contribution in [3.63, 3.8) is 0 Å². The highest BCUT2D eigenvalue weighted by molar-refractivity contribution is 5.98. The van der Waals surface area contributed by atoms with Crippen molar-refractivity contribution in [2.45, 2.75) is 25.0 Å². The summed E-state index contributed by atoms with van der Waals surface area (Å²) in [7, 11) is 8.96. The molecule has 0 bridgehead atoms. The zero-order valence-corrected chi connectivity index (χ0v) is 21.4. The van der Waals surface area contributed by atoms with Crippen molar-refractivity contribution >= 4 is 5.97 Å². The number of nitrogens with zero attached hydrogens (tertiary/aromatic N) is 2. The monoisotopic (exact) mass is 496 g/mol. The van der Waals surface area contributed by atoms with Crippen molar-refractivity contribution in [2.24, 2.45) is 5.92 Å². The molecule has 9 nitrogen and oxygen atoms in total. The highest BCUT2D eigenvalue weighted by atomic mass is 16.7. The Morgan fingerprint density at radius 2 is 1.75 bits per heavy atom. The van der Waals surface area contributed by atoms with Crippen LogP contribution < -0.4 is 23.7 Å². The smallest absolute Gasteiger partial charge is 0.343 e. The molecule has 9 heteroatoms. The van der Waals surface area contributed by atoms with Crippen LogP contribution in [0.1, 0.15) is 44.8 Å². The van der Waals surface area contributed by atoms with Crippen LogP contribution in [-0.4, -0.2) is 77.6 Å². The maximum absolute atomic E-state index is 13.2. The summed E-state index contributed by atoms with van der Waals surface area (Å²) in [4.78, 5) is 17.7. The average Bonchev–Trinajstić information content (AvgIpc) is 3.47. The van der Waals surface area contributed by atoms with Gasteiger partial charge in [-0.1, -0.05) is 6.07 Å². The van der Waals surface area contributed by atoms with Crippen LogP contribution in [-0.2, 0) is 17.6 Å². The first-order valence-corrected chi connectivity index (χ1v) is 12.3. The topological polar surface area (TPSA) is 78.9 Å². The van der Waals surface area contributed by atoms with Crippen molar-refractivity contribution in [1.82, 2.24) is 9.80 Å². The third-order valence-corrected chi connectivity index (χ3v) is 7.96. The Kier molecular flexibility index (Phi) is 5.64. The molecule has 2 aromatic rings. The number of ether oxygens (including phenoxy) is 6. The van der Waals surface area contributed by atoms with E-state index in [0.717, 1.165) is 49.4 Å². The van der Waals surface area contributed by atoms with E-state index in [1.54, 1.807) is 14.2 Å². The van der Waals surface area contributed by atoms with Crippen LogP contribution in [0.4, 0.5) is 0 Å². The van der Waals surface area contributed by atoms with E-state index in [4.69, 9.17) is 28.4 Å². The number of likely N-dealkylation sites (N-methyl/N-ethyl adjacent to an activating group) is 1. The number of likely N-dealkylation sites (tertiary alicyclic amines) is 1. The van der Waals surface area contributed by atoms with E-state index >= 15 is 0 Å². The number of hydrogen-bond donors (Lipinski definition) is 0. The van der Waals surface area contributed by atoms with Gasteiger partial charge in [0.25, 0.3) is 0 Å². The van der Waals surface area contributed by atoms with Gasteiger partial charge in [0.2, 0.25) is 12.5 Å². The number of esters is 1. The van der Waals surface area contributed by atoms with Crippen LogP contribution in [0.5, 0.6) is 28.7 Å². The van der Waals surface area contributed by atoms with E-state index in [-0.39, 0.29) is 12.8 Å². The third kappa shape index (κ3) is 3.33. The summed E-state index contributed by atoms with van der Waals surface area (Å²) in [6.45, 7) is 3.11. The van der Waals surface area contributed by atoms with E-state index in [2.05, 4.69) is 23.9 Å². The van der Waals surface area contributed by atoms with E-state index in [1.165, 1.54) is 18.2 Å². The van der Waals surface area contributed by atoms with Gasteiger partial charge in [-0.15, -0.1) is 0 Å². The molecule has 192 valence electrons. The lowest BCUT2D eigenvalue weighted by Crippen LogP contribution is -2.45. The van der Waals surface area contributed by atoms with Gasteiger partial charge in [-0.3, -0.25) is 4.90 Å². The molecule has 0 unspecified atom stereocenters. The van der Waals surface area contributed by atoms with E-state index in [0.29, 0.717) is 34.5 Å². The highest BCUT2D eigenvalue weighted by Gasteiger charge is 2.47. The normalized spacial score (nSPS) is 23.1. The van der Waals surface area contributed by atoms with Crippen LogP contribution in [0.2, 0.25) is 0 Å². The summed E-state index contributed by atoms with van der Waals surface area (Å²) in [6, 6.07) is 3.47. The largest absolute Gasteiger partial charge is 0.493 e. The minimum Gasteiger partial charge on any atom is -0.493 e. The number of fused-ring (bicyclic) bond motifs is 3. The Labute approximate surface area is 210 Å². The molecule has 6 rings (SSSR count). The van der Waals surface area contributed by atoms with E-state index in [1.807, 2.05) is 12.1 Å². The molecule has 0 aromatic heterocycles. The van der Waals surface area contributed by atoms with E-state index in [9.17, 15) is 4.79 Å². The fraction of sp³-hybridized carbons (Fsp3) is 0.519. The van der Waals surface area contributed by atoms with Crippen molar-refractivity contribution in [3.05, 3.63) is 39.9 Å². The second-order valence-electron chi connectivity index (χ2n) is 10.0. The Morgan fingerprint density at radius 3 is 2.44 bits per heavy atom. The molecule has 0 saturated carbocycles. The first-order valence-electron chi connectivity index (χ1n) is 12.3. The van der Waals surface area contributed by atoms with Crippen LogP contribution in [0.15, 0.2) is 12.1 Å². The van der Waals surface area contributed by atoms with Gasteiger partial charge in [0.1, 0.15) is 11.7 Å². The van der Waals surface area contributed by atoms with Gasteiger partial charge >= 0.3 is 5.97 Å². The fourth-order valence-electron chi connectivity index (χ4n) is 6.39. The van der Waals surface area contributed by atoms with Gasteiger partial charge in [0.05, 0.1) is 27.4 Å². The minimum absolute atomic E-state index is 0.172. The molecular formula is C27H32N2O7. The quantitative estimate of drug-likeness (QED) is 0.561. The molecule has 0 radical (unpaired) electrons. The molecule has 4 heterocycles. The van der Waals surface area contributed by atoms with Gasteiger partial charge < -0.3 is 33.3 Å². The summed E-state index contributed by atoms with van der Waals surface area (Å²) in [6.07, 6.45) is 1.24. The van der Waals surface area contributed by atoms with Crippen molar-refractivity contribution in [2.75, 3.05) is 61.9 Å². The second-order valence-corrected chi connectivity index (χ2v) is 10.0. The first kappa shape index (κ1) is 23.2. The van der Waals surface area contributed by atoms with Gasteiger partial charge in [-0.2, -0.15) is 0 Å². The number of carbonyl (C=O) groups excluding carboxylic acids is 1. The Hall–Kier alpha value is -3.17. The molecule has 0 amide bonds. The molecule has 1 saturated heterocycles. The summed E-state index contributed by atoms with van der Waals surface area (Å²) in [5.41, 5.74) is 4.63. The minimum atomic E-state index is -0.534. The Morgan fingerprint density at radius 1 is 1.00 bits per heavy atom. The number of benzene rings is 2. The van der Waals surface area contributed by atoms with Gasteiger partial charge in [-0.25, -0.2) is 4.79 Å². The number of carbonyl (C=O) groups is 1. The lowest BCUT2D eigenvalue weighted by atomic mass is 9.80. The first-order chi connectivity index (χ1) is 17.5. The Bertz CT molecular complexity index is 1220. The summed E-state index contributed by atoms with van der Waals surface area (Å²) >= 11 is 0. The van der Waals surface area contributed by atoms with Gasteiger partial charge in [-0.05, 0) is 44.5 Å². The summed E-state index contributed by atoms with van der Waals surface area (Å²) in [5.74, 6) is 3.17. The maximum Gasteiger partial charge on any atom is 0.343 e. The number of cyclic esters (lactones) is 1. The zero-order valence-electron chi connectivity index (χ0n) is 21.4. The molecule has 2 atom stereocenters.